The van der Waals surface area contributed by atoms with Gasteiger partial charge in [-0.15, -0.1) is 0 Å². The van der Waals surface area contributed by atoms with E-state index in [1.54, 1.807) is 25.3 Å². The molecule has 0 unspecified atom stereocenters. The molecule has 0 radical (unpaired) electrons. The van der Waals surface area contributed by atoms with Crippen molar-refractivity contribution >= 4 is 39.2 Å². The smallest absolute Gasteiger partial charge is 0.257 e. The Balaban J connectivity index is 1.84. The molecular weight excluding hydrogens is 456 g/mol. The Hall–Kier alpha value is -2.16. The SMILES string of the molecule is COCCOc1ccc(C(=O)NC(=S)NCc2ccc(OC(C)C)cc2)cc1Br. The lowest BCUT2D eigenvalue weighted by molar-refractivity contribution is 0.0976. The van der Waals surface area contributed by atoms with Crippen LogP contribution in [0.5, 0.6) is 11.5 Å². The molecule has 0 aliphatic heterocycles. The fourth-order valence-electron chi connectivity index (χ4n) is 2.35. The molecule has 29 heavy (non-hydrogen) atoms. The van der Waals surface area contributed by atoms with Gasteiger partial charge in [0.1, 0.15) is 18.1 Å². The molecule has 1 amide bonds. The van der Waals surface area contributed by atoms with Gasteiger partial charge in [-0.25, -0.2) is 0 Å². The molecule has 0 aliphatic carbocycles. The van der Waals surface area contributed by atoms with Crippen molar-refractivity contribution in [2.24, 2.45) is 0 Å². The van der Waals surface area contributed by atoms with Crippen molar-refractivity contribution in [3.05, 3.63) is 58.1 Å². The summed E-state index contributed by atoms with van der Waals surface area (Å²) in [4.78, 5) is 12.4. The Morgan fingerprint density at radius 3 is 2.48 bits per heavy atom. The topological polar surface area (TPSA) is 68.8 Å². The summed E-state index contributed by atoms with van der Waals surface area (Å²) in [6.45, 7) is 5.38. The van der Waals surface area contributed by atoms with E-state index in [4.69, 9.17) is 26.4 Å². The highest BCUT2D eigenvalue weighted by molar-refractivity contribution is 9.10. The molecule has 2 aromatic carbocycles. The maximum Gasteiger partial charge on any atom is 0.257 e. The number of thiocarbonyl (C=S) groups is 1. The van der Waals surface area contributed by atoms with Crippen LogP contribution in [0.4, 0.5) is 0 Å². The van der Waals surface area contributed by atoms with E-state index in [-0.39, 0.29) is 17.1 Å². The maximum atomic E-state index is 12.4. The quantitative estimate of drug-likeness (QED) is 0.416. The van der Waals surface area contributed by atoms with Gasteiger partial charge < -0.3 is 19.5 Å². The van der Waals surface area contributed by atoms with Crippen molar-refractivity contribution in [3.8, 4) is 11.5 Å². The highest BCUT2D eigenvalue weighted by atomic mass is 79.9. The Morgan fingerprint density at radius 1 is 1.14 bits per heavy atom. The third-order valence-corrected chi connectivity index (χ3v) is 4.58. The van der Waals surface area contributed by atoms with E-state index in [1.165, 1.54) is 0 Å². The van der Waals surface area contributed by atoms with Gasteiger partial charge in [-0.1, -0.05) is 12.1 Å². The zero-order valence-corrected chi connectivity index (χ0v) is 19.1. The molecule has 0 spiro atoms. The number of halogens is 1. The number of carbonyl (C=O) groups excluding carboxylic acids is 1. The average Bonchev–Trinajstić information content (AvgIpc) is 2.68. The van der Waals surface area contributed by atoms with Crippen LogP contribution in [0.1, 0.15) is 29.8 Å². The zero-order chi connectivity index (χ0) is 21.2. The van der Waals surface area contributed by atoms with Gasteiger partial charge >= 0.3 is 0 Å². The molecule has 0 bridgehead atoms. The molecule has 6 nitrogen and oxygen atoms in total. The first-order valence-corrected chi connectivity index (χ1v) is 10.3. The minimum absolute atomic E-state index is 0.132. The molecular formula is C21H25BrN2O4S. The van der Waals surface area contributed by atoms with E-state index in [1.807, 2.05) is 38.1 Å². The fourth-order valence-corrected chi connectivity index (χ4v) is 3.01. The van der Waals surface area contributed by atoms with Gasteiger partial charge in [-0.3, -0.25) is 10.1 Å². The largest absolute Gasteiger partial charge is 0.491 e. The number of benzene rings is 2. The summed E-state index contributed by atoms with van der Waals surface area (Å²) in [5.74, 6) is 1.16. The van der Waals surface area contributed by atoms with Crippen LogP contribution in [0, 0.1) is 0 Å². The third kappa shape index (κ3) is 8.00. The van der Waals surface area contributed by atoms with Gasteiger partial charge in [-0.05, 0) is 77.9 Å². The lowest BCUT2D eigenvalue weighted by Crippen LogP contribution is -2.38. The van der Waals surface area contributed by atoms with Gasteiger partial charge in [0.25, 0.3) is 5.91 Å². The van der Waals surface area contributed by atoms with E-state index in [0.717, 1.165) is 11.3 Å². The highest BCUT2D eigenvalue weighted by Crippen LogP contribution is 2.26. The van der Waals surface area contributed by atoms with E-state index >= 15 is 0 Å². The van der Waals surface area contributed by atoms with Crippen LogP contribution in [0.2, 0.25) is 0 Å². The zero-order valence-electron chi connectivity index (χ0n) is 16.7. The Morgan fingerprint density at radius 2 is 1.86 bits per heavy atom. The molecule has 156 valence electrons. The van der Waals surface area contributed by atoms with Gasteiger partial charge in [0.05, 0.1) is 17.2 Å². The van der Waals surface area contributed by atoms with E-state index < -0.39 is 0 Å². The first-order valence-electron chi connectivity index (χ1n) is 9.15. The molecule has 0 heterocycles. The summed E-state index contributed by atoms with van der Waals surface area (Å²) >= 11 is 8.63. The number of hydrogen-bond donors (Lipinski definition) is 2. The van der Waals surface area contributed by atoms with Crippen LogP contribution in [-0.2, 0) is 11.3 Å². The Labute approximate surface area is 185 Å². The summed E-state index contributed by atoms with van der Waals surface area (Å²) in [7, 11) is 1.61. The molecule has 0 atom stereocenters. The average molecular weight is 481 g/mol. The molecule has 0 fully saturated rings. The maximum absolute atomic E-state index is 12.4. The van der Waals surface area contributed by atoms with Crippen molar-refractivity contribution in [2.45, 2.75) is 26.5 Å². The van der Waals surface area contributed by atoms with Gasteiger partial charge in [0, 0.05) is 19.2 Å². The summed E-state index contributed by atoms with van der Waals surface area (Å²) in [5, 5.41) is 5.96. The summed E-state index contributed by atoms with van der Waals surface area (Å²) < 4.78 is 16.8. The number of hydrogen-bond acceptors (Lipinski definition) is 5. The lowest BCUT2D eigenvalue weighted by Gasteiger charge is -2.12. The third-order valence-electron chi connectivity index (χ3n) is 3.71. The number of carbonyl (C=O) groups is 1. The molecule has 8 heteroatoms. The predicted molar refractivity (Wildman–Crippen MR) is 121 cm³/mol. The van der Waals surface area contributed by atoms with Crippen LogP contribution in [0.25, 0.3) is 0 Å². The monoisotopic (exact) mass is 480 g/mol. The molecule has 2 N–H and O–H groups in total. The molecule has 0 aliphatic rings. The lowest BCUT2D eigenvalue weighted by atomic mass is 10.2. The fraction of sp³-hybridized carbons (Fsp3) is 0.333. The number of rotatable bonds is 9. The van der Waals surface area contributed by atoms with Crippen molar-refractivity contribution in [3.63, 3.8) is 0 Å². The van der Waals surface area contributed by atoms with Crippen LogP contribution < -0.4 is 20.1 Å². The van der Waals surface area contributed by atoms with E-state index in [0.29, 0.717) is 35.5 Å². The second-order valence-electron chi connectivity index (χ2n) is 6.43. The number of ether oxygens (including phenoxy) is 3. The molecule has 0 saturated heterocycles. The van der Waals surface area contributed by atoms with Gasteiger partial charge in [-0.2, -0.15) is 0 Å². The van der Waals surface area contributed by atoms with Crippen molar-refractivity contribution < 1.29 is 19.0 Å². The van der Waals surface area contributed by atoms with Crippen LogP contribution in [0.3, 0.4) is 0 Å². The first kappa shape index (κ1) is 23.1. The predicted octanol–water partition coefficient (Wildman–Crippen LogP) is 4.07. The van der Waals surface area contributed by atoms with E-state index in [9.17, 15) is 4.79 Å². The van der Waals surface area contributed by atoms with Crippen LogP contribution in [0.15, 0.2) is 46.9 Å². The summed E-state index contributed by atoms with van der Waals surface area (Å²) in [5.41, 5.74) is 1.49. The normalized spacial score (nSPS) is 10.5. The van der Waals surface area contributed by atoms with Gasteiger partial charge in [0.2, 0.25) is 0 Å². The second kappa shape index (κ2) is 11.7. The first-order chi connectivity index (χ1) is 13.9. The number of amides is 1. The van der Waals surface area contributed by atoms with Crippen molar-refractivity contribution in [2.75, 3.05) is 20.3 Å². The minimum atomic E-state index is -0.299. The summed E-state index contributed by atoms with van der Waals surface area (Å²) in [6, 6.07) is 12.8. The molecule has 0 aromatic heterocycles. The van der Waals surface area contributed by atoms with Crippen molar-refractivity contribution in [1.29, 1.82) is 0 Å². The highest BCUT2D eigenvalue weighted by Gasteiger charge is 2.11. The molecule has 2 rings (SSSR count). The number of methoxy groups -OCH3 is 1. The van der Waals surface area contributed by atoms with Gasteiger partial charge in [0.15, 0.2) is 5.11 Å². The Kier molecular flexibility index (Phi) is 9.37. The summed E-state index contributed by atoms with van der Waals surface area (Å²) in [6.07, 6.45) is 0.132. The second-order valence-corrected chi connectivity index (χ2v) is 7.70. The number of nitrogens with one attached hydrogen (secondary N) is 2. The van der Waals surface area contributed by atoms with Crippen LogP contribution in [-0.4, -0.2) is 37.4 Å². The van der Waals surface area contributed by atoms with E-state index in [2.05, 4.69) is 26.6 Å². The molecule has 0 saturated carbocycles. The molecule has 2 aromatic rings. The Bertz CT molecular complexity index is 828. The van der Waals surface area contributed by atoms with Crippen LogP contribution >= 0.6 is 28.1 Å². The minimum Gasteiger partial charge on any atom is -0.491 e. The van der Waals surface area contributed by atoms with Crippen molar-refractivity contribution in [1.82, 2.24) is 10.6 Å². The standard InChI is InChI=1S/C21H25BrN2O4S/c1-14(2)28-17-7-4-15(5-8-17)13-23-21(29)24-20(25)16-6-9-19(18(22)12-16)27-11-10-26-3/h4-9,12,14H,10-11,13H2,1-3H3,(H2,23,24,25,29).